The Balaban J connectivity index is 1.38. The van der Waals surface area contributed by atoms with Gasteiger partial charge in [-0.1, -0.05) is 30.3 Å². The van der Waals surface area contributed by atoms with E-state index < -0.39 is 5.91 Å². The summed E-state index contributed by atoms with van der Waals surface area (Å²) < 4.78 is 1.84. The molecule has 2 amide bonds. The Morgan fingerprint density at radius 2 is 1.72 bits per heavy atom. The first-order valence-corrected chi connectivity index (χ1v) is 10.2. The number of aromatic amines is 1. The SMILES string of the molecule is Cc1nn(-c2ccccc2)c(C)c1CNC(=O)CNC(=O)c1c[nH]c2ccccc2c1=O. The summed E-state index contributed by atoms with van der Waals surface area (Å²) in [5, 5.41) is 10.3. The number of nitrogens with one attached hydrogen (secondary N) is 3. The summed E-state index contributed by atoms with van der Waals surface area (Å²) in [5.74, 6) is -0.960. The van der Waals surface area contributed by atoms with Crippen molar-refractivity contribution in [3.8, 4) is 5.69 Å². The van der Waals surface area contributed by atoms with Gasteiger partial charge in [0, 0.05) is 34.9 Å². The van der Waals surface area contributed by atoms with Gasteiger partial charge >= 0.3 is 0 Å². The zero-order chi connectivity index (χ0) is 22.7. The van der Waals surface area contributed by atoms with Crippen molar-refractivity contribution < 1.29 is 9.59 Å². The number of carbonyl (C=O) groups excluding carboxylic acids is 2. The van der Waals surface area contributed by atoms with Crippen molar-refractivity contribution in [2.75, 3.05) is 6.54 Å². The average Bonchev–Trinajstić information content (AvgIpc) is 3.10. The van der Waals surface area contributed by atoms with E-state index in [1.807, 2.05) is 48.9 Å². The summed E-state index contributed by atoms with van der Waals surface area (Å²) in [6.45, 7) is 3.88. The van der Waals surface area contributed by atoms with Gasteiger partial charge in [-0.15, -0.1) is 0 Å². The summed E-state index contributed by atoms with van der Waals surface area (Å²) in [6, 6.07) is 16.7. The molecular weight excluding hydrogens is 406 g/mol. The van der Waals surface area contributed by atoms with Crippen LogP contribution in [0.25, 0.3) is 16.6 Å². The fraction of sp³-hybridized carbons (Fsp3) is 0.167. The maximum absolute atomic E-state index is 12.5. The number of nitrogens with zero attached hydrogens (tertiary/aromatic N) is 2. The average molecular weight is 429 g/mol. The third-order valence-electron chi connectivity index (χ3n) is 5.35. The molecule has 2 aromatic carbocycles. The van der Waals surface area contributed by atoms with E-state index in [0.29, 0.717) is 10.9 Å². The molecule has 162 valence electrons. The van der Waals surface area contributed by atoms with Gasteiger partial charge in [0.15, 0.2) is 0 Å². The van der Waals surface area contributed by atoms with Gasteiger partial charge in [0.05, 0.1) is 17.9 Å². The first kappa shape index (κ1) is 21.0. The van der Waals surface area contributed by atoms with Crippen LogP contribution >= 0.6 is 0 Å². The normalized spacial score (nSPS) is 10.8. The molecule has 0 fully saturated rings. The highest BCUT2D eigenvalue weighted by atomic mass is 16.2. The van der Waals surface area contributed by atoms with E-state index in [9.17, 15) is 14.4 Å². The topological polar surface area (TPSA) is 109 Å². The molecule has 0 aliphatic carbocycles. The van der Waals surface area contributed by atoms with Crippen LogP contribution in [0, 0.1) is 13.8 Å². The van der Waals surface area contributed by atoms with E-state index in [4.69, 9.17) is 0 Å². The van der Waals surface area contributed by atoms with Crippen LogP contribution < -0.4 is 16.1 Å². The summed E-state index contributed by atoms with van der Waals surface area (Å²) in [5.41, 5.74) is 3.84. The largest absolute Gasteiger partial charge is 0.360 e. The number of hydrogen-bond acceptors (Lipinski definition) is 4. The molecule has 0 radical (unpaired) electrons. The second-order valence-electron chi connectivity index (χ2n) is 7.43. The number of pyridine rings is 1. The number of fused-ring (bicyclic) bond motifs is 1. The van der Waals surface area contributed by atoms with Crippen molar-refractivity contribution in [2.45, 2.75) is 20.4 Å². The number of rotatable bonds is 6. The summed E-state index contributed by atoms with van der Waals surface area (Å²) in [7, 11) is 0. The molecule has 4 aromatic rings. The van der Waals surface area contributed by atoms with E-state index in [1.54, 1.807) is 24.3 Å². The van der Waals surface area contributed by atoms with Crippen LogP contribution in [0.15, 0.2) is 65.6 Å². The number of amides is 2. The van der Waals surface area contributed by atoms with Crippen LogP contribution in [0.2, 0.25) is 0 Å². The molecule has 8 nitrogen and oxygen atoms in total. The van der Waals surface area contributed by atoms with Gasteiger partial charge in [0.1, 0.15) is 5.56 Å². The predicted octanol–water partition coefficient (Wildman–Crippen LogP) is 2.38. The van der Waals surface area contributed by atoms with E-state index >= 15 is 0 Å². The van der Waals surface area contributed by atoms with E-state index in [0.717, 1.165) is 22.6 Å². The number of benzene rings is 2. The minimum Gasteiger partial charge on any atom is -0.360 e. The van der Waals surface area contributed by atoms with Crippen molar-refractivity contribution in [1.82, 2.24) is 25.4 Å². The van der Waals surface area contributed by atoms with Crippen molar-refractivity contribution in [3.05, 3.63) is 93.5 Å². The standard InChI is InChI=1S/C24H23N5O3/c1-15-19(16(2)29(28-15)17-8-4-3-5-9-17)12-26-22(30)14-27-24(32)20-13-25-21-11-7-6-10-18(21)23(20)31/h3-11,13H,12,14H2,1-2H3,(H,25,31)(H,26,30)(H,27,32). The minimum atomic E-state index is -0.601. The summed E-state index contributed by atoms with van der Waals surface area (Å²) in [6.07, 6.45) is 1.36. The number of aryl methyl sites for hydroxylation is 1. The molecule has 0 saturated heterocycles. The Hall–Kier alpha value is -4.20. The van der Waals surface area contributed by atoms with Crippen molar-refractivity contribution in [2.24, 2.45) is 0 Å². The van der Waals surface area contributed by atoms with E-state index in [-0.39, 0.29) is 30.0 Å². The predicted molar refractivity (Wildman–Crippen MR) is 122 cm³/mol. The lowest BCUT2D eigenvalue weighted by molar-refractivity contribution is -0.120. The van der Waals surface area contributed by atoms with Crippen LogP contribution in [0.1, 0.15) is 27.3 Å². The van der Waals surface area contributed by atoms with Crippen molar-refractivity contribution in [1.29, 1.82) is 0 Å². The highest BCUT2D eigenvalue weighted by Gasteiger charge is 2.16. The van der Waals surface area contributed by atoms with Crippen LogP contribution in [0.3, 0.4) is 0 Å². The van der Waals surface area contributed by atoms with Crippen molar-refractivity contribution in [3.63, 3.8) is 0 Å². The van der Waals surface area contributed by atoms with Crippen LogP contribution in [0.5, 0.6) is 0 Å². The van der Waals surface area contributed by atoms with Gasteiger partial charge in [-0.05, 0) is 38.1 Å². The molecule has 0 bridgehead atoms. The highest BCUT2D eigenvalue weighted by molar-refractivity contribution is 5.98. The molecule has 8 heteroatoms. The Morgan fingerprint density at radius 3 is 2.50 bits per heavy atom. The summed E-state index contributed by atoms with van der Waals surface area (Å²) in [4.78, 5) is 40.2. The quantitative estimate of drug-likeness (QED) is 0.437. The molecule has 2 heterocycles. The molecule has 2 aromatic heterocycles. The first-order valence-electron chi connectivity index (χ1n) is 10.2. The Kier molecular flexibility index (Phi) is 5.85. The Morgan fingerprint density at radius 1 is 1.00 bits per heavy atom. The molecule has 0 spiro atoms. The molecule has 0 saturated carbocycles. The number of H-pyrrole nitrogens is 1. The highest BCUT2D eigenvalue weighted by Crippen LogP contribution is 2.17. The van der Waals surface area contributed by atoms with E-state index in [2.05, 4.69) is 20.7 Å². The lowest BCUT2D eigenvalue weighted by Crippen LogP contribution is -2.38. The number of carbonyl (C=O) groups is 2. The number of hydrogen-bond donors (Lipinski definition) is 3. The monoisotopic (exact) mass is 429 g/mol. The number of aromatic nitrogens is 3. The Labute approximate surface area is 184 Å². The van der Waals surface area contributed by atoms with Crippen LogP contribution in [-0.4, -0.2) is 33.1 Å². The zero-order valence-corrected chi connectivity index (χ0v) is 17.8. The molecule has 0 aliphatic heterocycles. The van der Waals surface area contributed by atoms with Crippen LogP contribution in [-0.2, 0) is 11.3 Å². The zero-order valence-electron chi connectivity index (χ0n) is 17.8. The molecule has 3 N–H and O–H groups in total. The maximum atomic E-state index is 12.5. The third-order valence-corrected chi connectivity index (χ3v) is 5.35. The summed E-state index contributed by atoms with van der Waals surface area (Å²) >= 11 is 0. The smallest absolute Gasteiger partial charge is 0.257 e. The fourth-order valence-electron chi connectivity index (χ4n) is 3.59. The van der Waals surface area contributed by atoms with Gasteiger partial charge in [-0.2, -0.15) is 5.10 Å². The lowest BCUT2D eigenvalue weighted by atomic mass is 10.1. The second kappa shape index (κ2) is 8.89. The first-order chi connectivity index (χ1) is 15.5. The number of para-hydroxylation sites is 2. The van der Waals surface area contributed by atoms with Gasteiger partial charge in [-0.25, -0.2) is 4.68 Å². The molecular formula is C24H23N5O3. The molecule has 4 rings (SSSR count). The third kappa shape index (κ3) is 4.15. The molecule has 0 aliphatic rings. The lowest BCUT2D eigenvalue weighted by Gasteiger charge is -2.08. The minimum absolute atomic E-state index is 0.0349. The van der Waals surface area contributed by atoms with Crippen molar-refractivity contribution >= 4 is 22.7 Å². The van der Waals surface area contributed by atoms with Gasteiger partial charge in [0.25, 0.3) is 5.91 Å². The van der Waals surface area contributed by atoms with Gasteiger partial charge in [0.2, 0.25) is 11.3 Å². The van der Waals surface area contributed by atoms with Crippen LogP contribution in [0.4, 0.5) is 0 Å². The molecule has 0 atom stereocenters. The van der Waals surface area contributed by atoms with Gasteiger partial charge in [-0.3, -0.25) is 14.4 Å². The fourth-order valence-corrected chi connectivity index (χ4v) is 3.59. The maximum Gasteiger partial charge on any atom is 0.257 e. The molecule has 32 heavy (non-hydrogen) atoms. The Bertz CT molecular complexity index is 1360. The molecule has 0 unspecified atom stereocenters. The second-order valence-corrected chi connectivity index (χ2v) is 7.43. The van der Waals surface area contributed by atoms with Gasteiger partial charge < -0.3 is 15.6 Å². The van der Waals surface area contributed by atoms with E-state index in [1.165, 1.54) is 6.20 Å².